The Kier molecular flexibility index (Phi) is 5.18. The normalized spacial score (nSPS) is 10.2. The molecule has 0 aliphatic carbocycles. The van der Waals surface area contributed by atoms with Crippen molar-refractivity contribution in [1.29, 1.82) is 0 Å². The molecule has 3 nitrogen and oxygen atoms in total. The molecule has 0 amide bonds. The first kappa shape index (κ1) is 14.6. The van der Waals surface area contributed by atoms with Crippen molar-refractivity contribution < 1.29 is 9.47 Å². The fraction of sp³-hybridized carbons (Fsp3) is 0.250. The second kappa shape index (κ2) is 7.10. The van der Waals surface area contributed by atoms with Crippen molar-refractivity contribution in [3.63, 3.8) is 0 Å². The number of para-hydroxylation sites is 2. The third kappa shape index (κ3) is 3.20. The fourth-order valence-corrected chi connectivity index (χ4v) is 2.65. The van der Waals surface area contributed by atoms with Gasteiger partial charge < -0.3 is 14.8 Å². The Morgan fingerprint density at radius 2 is 1.80 bits per heavy atom. The molecule has 1 N–H and O–H groups in total. The van der Waals surface area contributed by atoms with Crippen LogP contribution in [-0.2, 0) is 6.54 Å². The van der Waals surface area contributed by atoms with E-state index < -0.39 is 0 Å². The molecule has 0 saturated heterocycles. The molecule has 0 saturated carbocycles. The van der Waals surface area contributed by atoms with Crippen LogP contribution in [0, 0.1) is 0 Å². The highest BCUT2D eigenvalue weighted by molar-refractivity contribution is 7.98. The third-order valence-electron chi connectivity index (χ3n) is 3.06. The molecule has 0 fully saturated rings. The number of benzene rings is 2. The monoisotopic (exact) mass is 289 g/mol. The van der Waals surface area contributed by atoms with Gasteiger partial charge in [-0.15, -0.1) is 11.8 Å². The van der Waals surface area contributed by atoms with Crippen molar-refractivity contribution in [1.82, 2.24) is 0 Å². The zero-order chi connectivity index (χ0) is 14.4. The van der Waals surface area contributed by atoms with E-state index in [9.17, 15) is 0 Å². The molecule has 0 spiro atoms. The smallest absolute Gasteiger partial charge is 0.165 e. The Morgan fingerprint density at radius 1 is 1.00 bits per heavy atom. The van der Waals surface area contributed by atoms with E-state index in [1.54, 1.807) is 26.0 Å². The summed E-state index contributed by atoms with van der Waals surface area (Å²) in [4.78, 5) is 1.23. The Morgan fingerprint density at radius 3 is 2.50 bits per heavy atom. The lowest BCUT2D eigenvalue weighted by Crippen LogP contribution is -2.03. The van der Waals surface area contributed by atoms with Crippen molar-refractivity contribution in [3.05, 3.63) is 48.0 Å². The molecule has 4 heteroatoms. The number of anilines is 1. The summed E-state index contributed by atoms with van der Waals surface area (Å²) < 4.78 is 10.8. The molecule has 106 valence electrons. The van der Waals surface area contributed by atoms with Gasteiger partial charge in [0.25, 0.3) is 0 Å². The molecule has 0 radical (unpaired) electrons. The lowest BCUT2D eigenvalue weighted by atomic mass is 10.1. The molecule has 0 unspecified atom stereocenters. The molecule has 2 rings (SSSR count). The quantitative estimate of drug-likeness (QED) is 0.813. The van der Waals surface area contributed by atoms with E-state index in [-0.39, 0.29) is 0 Å². The van der Waals surface area contributed by atoms with Gasteiger partial charge in [0.15, 0.2) is 11.5 Å². The molecule has 0 heterocycles. The van der Waals surface area contributed by atoms with Crippen molar-refractivity contribution in [2.45, 2.75) is 11.4 Å². The molecule has 20 heavy (non-hydrogen) atoms. The van der Waals surface area contributed by atoms with Crippen LogP contribution in [0.3, 0.4) is 0 Å². The minimum absolute atomic E-state index is 0.692. The fourth-order valence-electron chi connectivity index (χ4n) is 2.07. The molecule has 0 atom stereocenters. The Bertz CT molecular complexity index is 572. The summed E-state index contributed by atoms with van der Waals surface area (Å²) in [6.45, 7) is 0.692. The Hall–Kier alpha value is -1.81. The van der Waals surface area contributed by atoms with Gasteiger partial charge in [0.05, 0.1) is 14.2 Å². The van der Waals surface area contributed by atoms with Crippen LogP contribution in [0.5, 0.6) is 11.5 Å². The minimum Gasteiger partial charge on any atom is -0.493 e. The Labute approximate surface area is 124 Å². The van der Waals surface area contributed by atoms with Crippen LogP contribution >= 0.6 is 11.8 Å². The van der Waals surface area contributed by atoms with Gasteiger partial charge in [0.1, 0.15) is 0 Å². The van der Waals surface area contributed by atoms with Crippen LogP contribution in [0.2, 0.25) is 0 Å². The third-order valence-corrected chi connectivity index (χ3v) is 3.86. The Balaban J connectivity index is 2.19. The van der Waals surface area contributed by atoms with Crippen LogP contribution in [0.15, 0.2) is 47.4 Å². The van der Waals surface area contributed by atoms with Crippen molar-refractivity contribution >= 4 is 17.4 Å². The van der Waals surface area contributed by atoms with Gasteiger partial charge >= 0.3 is 0 Å². The predicted molar refractivity (Wildman–Crippen MR) is 85.1 cm³/mol. The summed E-state index contributed by atoms with van der Waals surface area (Å²) in [7, 11) is 3.31. The van der Waals surface area contributed by atoms with Crippen LogP contribution in [-0.4, -0.2) is 20.5 Å². The second-order valence-electron chi connectivity index (χ2n) is 4.21. The molecule has 2 aromatic carbocycles. The summed E-state index contributed by atoms with van der Waals surface area (Å²) in [6.07, 6.45) is 2.08. The second-order valence-corrected chi connectivity index (χ2v) is 5.05. The zero-order valence-corrected chi connectivity index (χ0v) is 12.8. The maximum absolute atomic E-state index is 5.44. The highest BCUT2D eigenvalue weighted by Gasteiger charge is 2.09. The number of hydrogen-bond acceptors (Lipinski definition) is 4. The topological polar surface area (TPSA) is 30.5 Å². The van der Waals surface area contributed by atoms with Crippen LogP contribution in [0.1, 0.15) is 5.56 Å². The number of nitrogens with one attached hydrogen (secondary N) is 1. The van der Waals surface area contributed by atoms with Crippen LogP contribution < -0.4 is 14.8 Å². The maximum atomic E-state index is 5.44. The molecular formula is C16H19NO2S. The summed E-state index contributed by atoms with van der Waals surface area (Å²) >= 11 is 1.73. The van der Waals surface area contributed by atoms with Crippen LogP contribution in [0.25, 0.3) is 0 Å². The minimum atomic E-state index is 0.692. The average Bonchev–Trinajstić information content (AvgIpc) is 2.52. The van der Waals surface area contributed by atoms with E-state index in [2.05, 4.69) is 23.7 Å². The lowest BCUT2D eigenvalue weighted by Gasteiger charge is -2.15. The van der Waals surface area contributed by atoms with Gasteiger partial charge in [0.2, 0.25) is 0 Å². The maximum Gasteiger partial charge on any atom is 0.165 e. The average molecular weight is 289 g/mol. The van der Waals surface area contributed by atoms with E-state index in [0.717, 1.165) is 22.7 Å². The van der Waals surface area contributed by atoms with Gasteiger partial charge in [-0.3, -0.25) is 0 Å². The number of ether oxygens (including phenoxy) is 2. The molecule has 2 aromatic rings. The van der Waals surface area contributed by atoms with E-state index in [4.69, 9.17) is 9.47 Å². The summed E-state index contributed by atoms with van der Waals surface area (Å²) in [5.74, 6) is 1.54. The van der Waals surface area contributed by atoms with Gasteiger partial charge in [-0.2, -0.15) is 0 Å². The van der Waals surface area contributed by atoms with Crippen molar-refractivity contribution in [3.8, 4) is 11.5 Å². The number of hydrogen-bond donors (Lipinski definition) is 1. The van der Waals surface area contributed by atoms with Crippen LogP contribution in [0.4, 0.5) is 5.69 Å². The SMILES string of the molecule is COc1cccc(CNc2ccccc2SC)c1OC. The highest BCUT2D eigenvalue weighted by Crippen LogP contribution is 2.32. The first-order valence-corrected chi connectivity index (χ1v) is 7.59. The summed E-state index contributed by atoms with van der Waals surface area (Å²) in [5, 5.41) is 3.45. The zero-order valence-electron chi connectivity index (χ0n) is 12.0. The van der Waals surface area contributed by atoms with Crippen molar-refractivity contribution in [2.75, 3.05) is 25.8 Å². The predicted octanol–water partition coefficient (Wildman–Crippen LogP) is 4.04. The largest absolute Gasteiger partial charge is 0.493 e. The van der Waals surface area contributed by atoms with Crippen molar-refractivity contribution in [2.24, 2.45) is 0 Å². The van der Waals surface area contributed by atoms with Gasteiger partial charge in [-0.1, -0.05) is 24.3 Å². The van der Waals surface area contributed by atoms with Gasteiger partial charge in [0, 0.05) is 22.7 Å². The van der Waals surface area contributed by atoms with Gasteiger partial charge in [-0.25, -0.2) is 0 Å². The molecular weight excluding hydrogens is 270 g/mol. The molecule has 0 aromatic heterocycles. The van der Waals surface area contributed by atoms with E-state index in [0.29, 0.717) is 6.54 Å². The first-order valence-electron chi connectivity index (χ1n) is 6.37. The summed E-state index contributed by atoms with van der Waals surface area (Å²) in [5.41, 5.74) is 2.20. The van der Waals surface area contributed by atoms with E-state index in [1.807, 2.05) is 30.3 Å². The molecule has 0 bridgehead atoms. The van der Waals surface area contributed by atoms with E-state index >= 15 is 0 Å². The molecule has 0 aliphatic heterocycles. The first-order chi connectivity index (χ1) is 9.80. The number of methoxy groups -OCH3 is 2. The standard InChI is InChI=1S/C16H19NO2S/c1-18-14-9-6-7-12(16(14)19-2)11-17-13-8-4-5-10-15(13)20-3/h4-10,17H,11H2,1-3H3. The number of thioether (sulfide) groups is 1. The van der Waals surface area contributed by atoms with E-state index in [1.165, 1.54) is 4.90 Å². The molecule has 0 aliphatic rings. The highest BCUT2D eigenvalue weighted by atomic mass is 32.2. The lowest BCUT2D eigenvalue weighted by molar-refractivity contribution is 0.352. The summed E-state index contributed by atoms with van der Waals surface area (Å²) in [6, 6.07) is 14.2. The number of rotatable bonds is 6. The van der Waals surface area contributed by atoms with Gasteiger partial charge in [-0.05, 0) is 24.5 Å².